The number of nitrogens with zero attached hydrogens (tertiary/aromatic N) is 2. The van der Waals surface area contributed by atoms with E-state index in [9.17, 15) is 19.2 Å². The second-order valence-electron chi connectivity index (χ2n) is 7.89. The zero-order valence-electron chi connectivity index (χ0n) is 15.8. The van der Waals surface area contributed by atoms with Crippen LogP contribution in [0.25, 0.3) is 0 Å². The number of fused-ring (bicyclic) bond motifs is 2. The standard InChI is InChI=1S/C20H22N4O5/c25-16-5-4-13(18(26)22-16)24-19(27)12-3-1-2-11(17(12)20(24)28)10-23-6-7-29-15-9-21-8-14(15)23/h1-3,13-15,21H,4-10H2,(H,22,25,26)/t13?,14-,15+/m0/s1. The maximum atomic E-state index is 13.2. The molecule has 0 saturated carbocycles. The SMILES string of the molecule is O=C1CCC(N2C(=O)c3cccc(CN4CCO[C@@H]5CNC[C@@H]54)c3C2=O)C(=O)N1. The fraction of sp³-hybridized carbons (Fsp3) is 0.500. The Bertz CT molecular complexity index is 916. The van der Waals surface area contributed by atoms with E-state index in [4.69, 9.17) is 4.74 Å². The Morgan fingerprint density at radius 1 is 1.10 bits per heavy atom. The second kappa shape index (κ2) is 7.01. The Kier molecular flexibility index (Phi) is 4.45. The molecule has 1 unspecified atom stereocenters. The molecule has 3 fully saturated rings. The normalized spacial score (nSPS) is 29.8. The number of hydrogen-bond acceptors (Lipinski definition) is 7. The molecule has 4 aliphatic rings. The van der Waals surface area contributed by atoms with E-state index in [1.54, 1.807) is 12.1 Å². The highest BCUT2D eigenvalue weighted by Gasteiger charge is 2.46. The Morgan fingerprint density at radius 3 is 2.79 bits per heavy atom. The molecule has 152 valence electrons. The lowest BCUT2D eigenvalue weighted by atomic mass is 10.0. The van der Waals surface area contributed by atoms with Crippen LogP contribution in [0.3, 0.4) is 0 Å². The summed E-state index contributed by atoms with van der Waals surface area (Å²) in [6.45, 7) is 3.57. The number of hydrogen-bond donors (Lipinski definition) is 2. The van der Waals surface area contributed by atoms with Crippen molar-refractivity contribution in [3.05, 3.63) is 34.9 Å². The van der Waals surface area contributed by atoms with Gasteiger partial charge in [0, 0.05) is 38.6 Å². The molecule has 1 aromatic rings. The number of benzene rings is 1. The number of carbonyl (C=O) groups excluding carboxylic acids is 4. The molecule has 0 radical (unpaired) electrons. The summed E-state index contributed by atoms with van der Waals surface area (Å²) < 4.78 is 5.81. The zero-order valence-corrected chi connectivity index (χ0v) is 15.8. The maximum Gasteiger partial charge on any atom is 0.262 e. The molecule has 4 heterocycles. The van der Waals surface area contributed by atoms with E-state index in [1.165, 1.54) is 0 Å². The van der Waals surface area contributed by atoms with Crippen molar-refractivity contribution in [2.75, 3.05) is 26.2 Å². The maximum absolute atomic E-state index is 13.2. The molecule has 0 aliphatic carbocycles. The van der Waals surface area contributed by atoms with Crippen molar-refractivity contribution in [2.45, 2.75) is 37.6 Å². The van der Waals surface area contributed by atoms with Crippen LogP contribution in [0.1, 0.15) is 39.1 Å². The first-order valence-corrected chi connectivity index (χ1v) is 9.94. The summed E-state index contributed by atoms with van der Waals surface area (Å²) in [4.78, 5) is 53.2. The summed E-state index contributed by atoms with van der Waals surface area (Å²) in [6.07, 6.45) is 0.406. The van der Waals surface area contributed by atoms with Crippen LogP contribution in [-0.2, 0) is 20.9 Å². The van der Waals surface area contributed by atoms with Gasteiger partial charge in [0.2, 0.25) is 11.8 Å². The third-order valence-corrected chi connectivity index (χ3v) is 6.24. The average Bonchev–Trinajstić information content (AvgIpc) is 3.28. The lowest BCUT2D eigenvalue weighted by Crippen LogP contribution is -2.54. The summed E-state index contributed by atoms with van der Waals surface area (Å²) in [5.74, 6) is -1.89. The lowest BCUT2D eigenvalue weighted by Gasteiger charge is -2.37. The Hall–Kier alpha value is -2.62. The first-order chi connectivity index (χ1) is 14.0. The largest absolute Gasteiger partial charge is 0.374 e. The topological polar surface area (TPSA) is 108 Å². The lowest BCUT2D eigenvalue weighted by molar-refractivity contribution is -0.136. The molecular weight excluding hydrogens is 376 g/mol. The molecule has 9 nitrogen and oxygen atoms in total. The third kappa shape index (κ3) is 2.97. The molecule has 9 heteroatoms. The van der Waals surface area contributed by atoms with Crippen LogP contribution >= 0.6 is 0 Å². The van der Waals surface area contributed by atoms with Gasteiger partial charge in [-0.25, -0.2) is 0 Å². The highest BCUT2D eigenvalue weighted by Crippen LogP contribution is 2.31. The van der Waals surface area contributed by atoms with Gasteiger partial charge in [0.1, 0.15) is 6.04 Å². The van der Waals surface area contributed by atoms with Gasteiger partial charge < -0.3 is 10.1 Å². The van der Waals surface area contributed by atoms with Gasteiger partial charge in [0.05, 0.1) is 23.8 Å². The predicted molar refractivity (Wildman–Crippen MR) is 99.9 cm³/mol. The minimum atomic E-state index is -0.945. The van der Waals surface area contributed by atoms with Crippen LogP contribution in [0, 0.1) is 0 Å². The van der Waals surface area contributed by atoms with Gasteiger partial charge in [-0.05, 0) is 18.1 Å². The highest BCUT2D eigenvalue weighted by atomic mass is 16.5. The van der Waals surface area contributed by atoms with Crippen LogP contribution in [0.2, 0.25) is 0 Å². The minimum absolute atomic E-state index is 0.112. The third-order valence-electron chi connectivity index (χ3n) is 6.24. The van der Waals surface area contributed by atoms with Crippen LogP contribution in [0.4, 0.5) is 0 Å². The van der Waals surface area contributed by atoms with Crippen LogP contribution < -0.4 is 10.6 Å². The Labute approximate surface area is 167 Å². The molecular formula is C20H22N4O5. The van der Waals surface area contributed by atoms with Gasteiger partial charge >= 0.3 is 0 Å². The first kappa shape index (κ1) is 18.4. The van der Waals surface area contributed by atoms with Crippen molar-refractivity contribution in [3.63, 3.8) is 0 Å². The Morgan fingerprint density at radius 2 is 1.97 bits per heavy atom. The van der Waals surface area contributed by atoms with Crippen LogP contribution in [-0.4, -0.2) is 77.9 Å². The van der Waals surface area contributed by atoms with Crippen LogP contribution in [0.15, 0.2) is 18.2 Å². The number of nitrogens with one attached hydrogen (secondary N) is 2. The summed E-state index contributed by atoms with van der Waals surface area (Å²) in [7, 11) is 0. The number of carbonyl (C=O) groups is 4. The number of morpholine rings is 1. The van der Waals surface area contributed by atoms with Crippen LogP contribution in [0.5, 0.6) is 0 Å². The van der Waals surface area contributed by atoms with E-state index < -0.39 is 23.8 Å². The number of piperidine rings is 1. The van der Waals surface area contributed by atoms with Crippen molar-refractivity contribution in [2.24, 2.45) is 0 Å². The van der Waals surface area contributed by atoms with E-state index in [1.807, 2.05) is 6.07 Å². The van der Waals surface area contributed by atoms with E-state index in [0.717, 1.165) is 30.1 Å². The summed E-state index contributed by atoms with van der Waals surface area (Å²) in [5.41, 5.74) is 1.48. The number of rotatable bonds is 3. The Balaban J connectivity index is 1.43. The van der Waals surface area contributed by atoms with E-state index in [2.05, 4.69) is 15.5 Å². The summed E-state index contributed by atoms with van der Waals surface area (Å²) in [6, 6.07) is 4.56. The second-order valence-corrected chi connectivity index (χ2v) is 7.89. The fourth-order valence-corrected chi connectivity index (χ4v) is 4.79. The summed E-state index contributed by atoms with van der Waals surface area (Å²) in [5, 5.41) is 5.57. The minimum Gasteiger partial charge on any atom is -0.374 e. The molecule has 0 spiro atoms. The van der Waals surface area contributed by atoms with E-state index in [0.29, 0.717) is 24.3 Å². The smallest absolute Gasteiger partial charge is 0.262 e. The quantitative estimate of drug-likeness (QED) is 0.646. The van der Waals surface area contributed by atoms with Gasteiger partial charge in [-0.2, -0.15) is 0 Å². The highest BCUT2D eigenvalue weighted by molar-refractivity contribution is 6.24. The zero-order chi connectivity index (χ0) is 20.1. The molecule has 3 saturated heterocycles. The van der Waals surface area contributed by atoms with Crippen molar-refractivity contribution in [1.82, 2.24) is 20.4 Å². The van der Waals surface area contributed by atoms with Crippen molar-refractivity contribution in [3.8, 4) is 0 Å². The van der Waals surface area contributed by atoms with Gasteiger partial charge in [0.15, 0.2) is 0 Å². The summed E-state index contributed by atoms with van der Waals surface area (Å²) >= 11 is 0. The molecule has 1 aromatic carbocycles. The first-order valence-electron chi connectivity index (χ1n) is 9.94. The number of ether oxygens (including phenoxy) is 1. The van der Waals surface area contributed by atoms with E-state index >= 15 is 0 Å². The van der Waals surface area contributed by atoms with Crippen molar-refractivity contribution < 1.29 is 23.9 Å². The molecule has 5 rings (SSSR count). The van der Waals surface area contributed by atoms with Crippen molar-refractivity contribution >= 4 is 23.6 Å². The molecule has 3 atom stereocenters. The van der Waals surface area contributed by atoms with Crippen molar-refractivity contribution in [1.29, 1.82) is 0 Å². The molecule has 0 bridgehead atoms. The number of imide groups is 2. The molecule has 2 N–H and O–H groups in total. The van der Waals surface area contributed by atoms with Gasteiger partial charge in [-0.15, -0.1) is 0 Å². The van der Waals surface area contributed by atoms with E-state index in [-0.39, 0.29) is 30.9 Å². The molecule has 4 aliphatic heterocycles. The predicted octanol–water partition coefficient (Wildman–Crippen LogP) is -0.740. The molecule has 0 aromatic heterocycles. The van der Waals surface area contributed by atoms with Gasteiger partial charge in [0.25, 0.3) is 11.8 Å². The number of amides is 4. The van der Waals surface area contributed by atoms with Gasteiger partial charge in [-0.3, -0.25) is 34.3 Å². The fourth-order valence-electron chi connectivity index (χ4n) is 4.79. The van der Waals surface area contributed by atoms with Gasteiger partial charge in [-0.1, -0.05) is 12.1 Å². The monoisotopic (exact) mass is 398 g/mol. The molecule has 29 heavy (non-hydrogen) atoms. The average molecular weight is 398 g/mol. The molecule has 4 amide bonds.